The first-order chi connectivity index (χ1) is 7.08. The Kier molecular flexibility index (Phi) is 2.32. The number of rotatable bonds is 2. The number of aromatic nitrogens is 2. The highest BCUT2D eigenvalue weighted by Gasteiger charge is 2.11. The van der Waals surface area contributed by atoms with Crippen LogP contribution in [0.2, 0.25) is 5.15 Å². The Morgan fingerprint density at radius 2 is 2.33 bits per heavy atom. The maximum absolute atomic E-state index is 12.9. The monoisotopic (exact) mass is 228 g/mol. The maximum atomic E-state index is 12.9. The molecule has 0 fully saturated rings. The summed E-state index contributed by atoms with van der Waals surface area (Å²) >= 11 is 5.84. The zero-order chi connectivity index (χ0) is 11.0. The van der Waals surface area contributed by atoms with Crippen LogP contribution in [-0.2, 0) is 11.3 Å². The molecule has 0 saturated heterocycles. The van der Waals surface area contributed by atoms with Gasteiger partial charge in [-0.15, -0.1) is 0 Å². The third-order valence-electron chi connectivity index (χ3n) is 1.92. The van der Waals surface area contributed by atoms with E-state index in [-0.39, 0.29) is 11.7 Å². The summed E-state index contributed by atoms with van der Waals surface area (Å²) in [7, 11) is 0. The van der Waals surface area contributed by atoms with Gasteiger partial charge in [-0.2, -0.15) is 5.10 Å². The van der Waals surface area contributed by atoms with Gasteiger partial charge < -0.3 is 5.11 Å². The predicted molar refractivity (Wildman–Crippen MR) is 52.3 cm³/mol. The summed E-state index contributed by atoms with van der Waals surface area (Å²) in [6, 6.07) is 3.93. The van der Waals surface area contributed by atoms with Crippen LogP contribution in [0.15, 0.2) is 18.2 Å². The van der Waals surface area contributed by atoms with Crippen LogP contribution in [0.25, 0.3) is 10.9 Å². The van der Waals surface area contributed by atoms with Crippen molar-refractivity contribution in [2.45, 2.75) is 6.54 Å². The van der Waals surface area contributed by atoms with E-state index in [2.05, 4.69) is 5.10 Å². The lowest BCUT2D eigenvalue weighted by atomic mass is 10.2. The second kappa shape index (κ2) is 3.51. The number of fused-ring (bicyclic) bond motifs is 1. The fraction of sp³-hybridized carbons (Fsp3) is 0.111. The van der Waals surface area contributed by atoms with Crippen LogP contribution < -0.4 is 0 Å². The lowest BCUT2D eigenvalue weighted by molar-refractivity contribution is -0.137. The van der Waals surface area contributed by atoms with Gasteiger partial charge in [0, 0.05) is 5.39 Å². The number of aliphatic carboxylic acids is 1. The molecule has 0 aliphatic carbocycles. The highest BCUT2D eigenvalue weighted by Crippen LogP contribution is 2.23. The first-order valence-corrected chi connectivity index (χ1v) is 4.49. The van der Waals surface area contributed by atoms with Crippen molar-refractivity contribution in [3.05, 3.63) is 29.2 Å². The topological polar surface area (TPSA) is 55.1 Å². The summed E-state index contributed by atoms with van der Waals surface area (Å²) < 4.78 is 14.0. The summed E-state index contributed by atoms with van der Waals surface area (Å²) in [5.41, 5.74) is 0.475. The quantitative estimate of drug-likeness (QED) is 0.854. The number of hydrogen-bond donors (Lipinski definition) is 1. The standard InChI is InChI=1S/C9H6ClFN2O2/c10-9-6-3-5(11)1-2-7(6)12-13(9)4-8(14)15/h1-3H,4H2,(H,14,15). The fourth-order valence-corrected chi connectivity index (χ4v) is 1.56. The van der Waals surface area contributed by atoms with Crippen molar-refractivity contribution in [3.63, 3.8) is 0 Å². The Morgan fingerprint density at radius 3 is 3.00 bits per heavy atom. The molecule has 1 aromatic heterocycles. The van der Waals surface area contributed by atoms with Crippen LogP contribution >= 0.6 is 11.6 Å². The molecule has 1 N–H and O–H groups in total. The Labute approximate surface area is 88.9 Å². The number of halogens is 2. The van der Waals surface area contributed by atoms with Crippen LogP contribution in [0.3, 0.4) is 0 Å². The highest BCUT2D eigenvalue weighted by atomic mass is 35.5. The highest BCUT2D eigenvalue weighted by molar-refractivity contribution is 6.34. The van der Waals surface area contributed by atoms with Gasteiger partial charge >= 0.3 is 5.97 Å². The van der Waals surface area contributed by atoms with E-state index >= 15 is 0 Å². The second-order valence-corrected chi connectivity index (χ2v) is 3.36. The molecule has 1 heterocycles. The minimum Gasteiger partial charge on any atom is -0.480 e. The predicted octanol–water partition coefficient (Wildman–Crippen LogP) is 1.91. The largest absolute Gasteiger partial charge is 0.480 e. The van der Waals surface area contributed by atoms with Crippen molar-refractivity contribution in [1.29, 1.82) is 0 Å². The zero-order valence-electron chi connectivity index (χ0n) is 7.44. The Morgan fingerprint density at radius 1 is 1.60 bits per heavy atom. The lowest BCUT2D eigenvalue weighted by Crippen LogP contribution is -2.09. The maximum Gasteiger partial charge on any atom is 0.325 e. The third kappa shape index (κ3) is 1.78. The first kappa shape index (κ1) is 9.92. The molecule has 15 heavy (non-hydrogen) atoms. The number of carboxylic acids is 1. The minimum atomic E-state index is -1.05. The van der Waals surface area contributed by atoms with Crippen LogP contribution in [0.1, 0.15) is 0 Å². The van der Waals surface area contributed by atoms with Crippen molar-refractivity contribution in [2.75, 3.05) is 0 Å². The molecule has 4 nitrogen and oxygen atoms in total. The molecule has 0 radical (unpaired) electrons. The van der Waals surface area contributed by atoms with E-state index < -0.39 is 11.8 Å². The first-order valence-electron chi connectivity index (χ1n) is 4.11. The van der Waals surface area contributed by atoms with Gasteiger partial charge in [-0.3, -0.25) is 4.79 Å². The molecule has 0 spiro atoms. The molecule has 2 rings (SSSR count). The van der Waals surface area contributed by atoms with Gasteiger partial charge in [0.25, 0.3) is 0 Å². The van der Waals surface area contributed by atoms with Crippen LogP contribution in [0.4, 0.5) is 4.39 Å². The SMILES string of the molecule is O=C(O)Cn1nc2ccc(F)cc2c1Cl. The summed E-state index contributed by atoms with van der Waals surface area (Å²) in [6.07, 6.45) is 0. The van der Waals surface area contributed by atoms with E-state index in [0.29, 0.717) is 10.9 Å². The van der Waals surface area contributed by atoms with Gasteiger partial charge in [-0.25, -0.2) is 9.07 Å². The van der Waals surface area contributed by atoms with Crippen LogP contribution in [0, 0.1) is 5.82 Å². The van der Waals surface area contributed by atoms with Gasteiger partial charge in [-0.05, 0) is 18.2 Å². The second-order valence-electron chi connectivity index (χ2n) is 3.00. The smallest absolute Gasteiger partial charge is 0.325 e. The van der Waals surface area contributed by atoms with Gasteiger partial charge in [0.2, 0.25) is 0 Å². The zero-order valence-corrected chi connectivity index (χ0v) is 8.20. The summed E-state index contributed by atoms with van der Waals surface area (Å²) in [5, 5.41) is 13.1. The summed E-state index contributed by atoms with van der Waals surface area (Å²) in [6.45, 7) is -0.338. The number of carboxylic acid groups (broad SMARTS) is 1. The van der Waals surface area contributed by atoms with Crippen molar-refractivity contribution in [3.8, 4) is 0 Å². The molecule has 0 aliphatic rings. The van der Waals surface area contributed by atoms with E-state index in [1.807, 2.05) is 0 Å². The molecule has 78 valence electrons. The average molecular weight is 229 g/mol. The molecule has 0 saturated carbocycles. The molecular formula is C9H6ClFN2O2. The van der Waals surface area contributed by atoms with E-state index in [0.717, 1.165) is 4.68 Å². The molecule has 1 aromatic carbocycles. The van der Waals surface area contributed by atoms with Gasteiger partial charge in [0.1, 0.15) is 17.5 Å². The normalized spacial score (nSPS) is 10.8. The van der Waals surface area contributed by atoms with Gasteiger partial charge in [0.15, 0.2) is 0 Å². The summed E-state index contributed by atoms with van der Waals surface area (Å²) in [5.74, 6) is -1.48. The third-order valence-corrected chi connectivity index (χ3v) is 2.32. The van der Waals surface area contributed by atoms with Crippen molar-refractivity contribution >= 4 is 28.5 Å². The van der Waals surface area contributed by atoms with Crippen molar-refractivity contribution in [1.82, 2.24) is 9.78 Å². The summed E-state index contributed by atoms with van der Waals surface area (Å²) in [4.78, 5) is 10.5. The van der Waals surface area contributed by atoms with Crippen molar-refractivity contribution < 1.29 is 14.3 Å². The molecule has 2 aromatic rings. The van der Waals surface area contributed by atoms with Gasteiger partial charge in [-0.1, -0.05) is 11.6 Å². The van der Waals surface area contributed by atoms with E-state index in [1.165, 1.54) is 18.2 Å². The Hall–Kier alpha value is -1.62. The molecule has 0 bridgehead atoms. The minimum absolute atomic E-state index is 0.131. The number of benzene rings is 1. The fourth-order valence-electron chi connectivity index (χ4n) is 1.31. The lowest BCUT2D eigenvalue weighted by Gasteiger charge is -1.96. The molecule has 0 amide bonds. The Balaban J connectivity index is 2.59. The average Bonchev–Trinajstić information content (AvgIpc) is 2.44. The number of hydrogen-bond acceptors (Lipinski definition) is 2. The van der Waals surface area contributed by atoms with E-state index in [1.54, 1.807) is 0 Å². The van der Waals surface area contributed by atoms with E-state index in [4.69, 9.17) is 16.7 Å². The molecule has 0 atom stereocenters. The molecule has 6 heteroatoms. The molecule has 0 unspecified atom stereocenters. The van der Waals surface area contributed by atoms with Gasteiger partial charge in [0.05, 0.1) is 5.52 Å². The number of carbonyl (C=O) groups is 1. The molecule has 0 aliphatic heterocycles. The Bertz CT molecular complexity index is 538. The molecular weight excluding hydrogens is 223 g/mol. The van der Waals surface area contributed by atoms with Crippen LogP contribution in [0.5, 0.6) is 0 Å². The number of nitrogens with zero attached hydrogens (tertiary/aromatic N) is 2. The van der Waals surface area contributed by atoms with E-state index in [9.17, 15) is 9.18 Å². The van der Waals surface area contributed by atoms with Crippen LogP contribution in [-0.4, -0.2) is 20.9 Å². The van der Waals surface area contributed by atoms with Crippen molar-refractivity contribution in [2.24, 2.45) is 0 Å².